The first-order valence-electron chi connectivity index (χ1n) is 4.87. The molecule has 0 spiro atoms. The fraction of sp³-hybridized carbons (Fsp3) is 0.455. The van der Waals surface area contributed by atoms with Crippen molar-refractivity contribution in [2.24, 2.45) is 0 Å². The molecule has 1 heterocycles. The maximum Gasteiger partial charge on any atom is 0.159 e. The first kappa shape index (κ1) is 10.9. The van der Waals surface area contributed by atoms with Gasteiger partial charge in [-0.3, -0.25) is 0 Å². The lowest BCUT2D eigenvalue weighted by Gasteiger charge is -2.32. The highest BCUT2D eigenvalue weighted by Crippen LogP contribution is 2.36. The Hall–Kier alpha value is -0.610. The van der Waals surface area contributed by atoms with Gasteiger partial charge in [-0.25, -0.2) is 8.78 Å². The third kappa shape index (κ3) is 2.16. The minimum absolute atomic E-state index is 0.488. The van der Waals surface area contributed by atoms with E-state index in [0.717, 1.165) is 23.6 Å². The van der Waals surface area contributed by atoms with Crippen molar-refractivity contribution >= 4 is 11.8 Å². The van der Waals surface area contributed by atoms with Crippen molar-refractivity contribution in [3.63, 3.8) is 0 Å². The first-order chi connectivity index (χ1) is 7.12. The van der Waals surface area contributed by atoms with E-state index >= 15 is 0 Å². The zero-order chi connectivity index (χ0) is 10.9. The topological polar surface area (TPSA) is 20.2 Å². The summed E-state index contributed by atoms with van der Waals surface area (Å²) in [5.41, 5.74) is -0.485. The van der Waals surface area contributed by atoms with E-state index in [2.05, 4.69) is 0 Å². The number of hydrogen-bond donors (Lipinski definition) is 1. The number of hydrogen-bond acceptors (Lipinski definition) is 2. The predicted molar refractivity (Wildman–Crippen MR) is 56.8 cm³/mol. The van der Waals surface area contributed by atoms with E-state index in [-0.39, 0.29) is 0 Å². The molecular weight excluding hydrogens is 218 g/mol. The Morgan fingerprint density at radius 2 is 1.80 bits per heavy atom. The molecule has 4 heteroatoms. The Kier molecular flexibility index (Phi) is 2.98. The van der Waals surface area contributed by atoms with Crippen LogP contribution in [0.1, 0.15) is 18.4 Å². The van der Waals surface area contributed by atoms with Gasteiger partial charge in [-0.2, -0.15) is 11.8 Å². The lowest BCUT2D eigenvalue weighted by atomic mass is 9.88. The van der Waals surface area contributed by atoms with Gasteiger partial charge in [0.25, 0.3) is 0 Å². The zero-order valence-corrected chi connectivity index (χ0v) is 8.99. The summed E-state index contributed by atoms with van der Waals surface area (Å²) in [6, 6.07) is 3.64. The van der Waals surface area contributed by atoms with Gasteiger partial charge in [0.2, 0.25) is 0 Å². The van der Waals surface area contributed by atoms with E-state index in [4.69, 9.17) is 0 Å². The van der Waals surface area contributed by atoms with E-state index in [9.17, 15) is 13.9 Å². The highest BCUT2D eigenvalue weighted by Gasteiger charge is 2.31. The molecule has 0 radical (unpaired) electrons. The summed E-state index contributed by atoms with van der Waals surface area (Å²) in [4.78, 5) is 0. The van der Waals surface area contributed by atoms with E-state index in [0.29, 0.717) is 18.4 Å². The van der Waals surface area contributed by atoms with Crippen LogP contribution >= 0.6 is 11.8 Å². The van der Waals surface area contributed by atoms with Gasteiger partial charge in [0.1, 0.15) is 0 Å². The molecule has 0 aromatic heterocycles. The zero-order valence-electron chi connectivity index (χ0n) is 8.17. The van der Waals surface area contributed by atoms with Crippen molar-refractivity contribution in [2.75, 3.05) is 11.5 Å². The molecule has 1 saturated heterocycles. The third-order valence-electron chi connectivity index (χ3n) is 2.78. The number of benzene rings is 1. The smallest absolute Gasteiger partial charge is 0.159 e. The normalized spacial score (nSPS) is 20.2. The molecule has 0 saturated carbocycles. The second-order valence-electron chi connectivity index (χ2n) is 3.77. The van der Waals surface area contributed by atoms with Crippen LogP contribution in [-0.4, -0.2) is 16.6 Å². The van der Waals surface area contributed by atoms with Crippen LogP contribution < -0.4 is 0 Å². The maximum atomic E-state index is 13.0. The van der Waals surface area contributed by atoms with Gasteiger partial charge in [0.15, 0.2) is 11.6 Å². The Balaban J connectivity index is 2.31. The van der Waals surface area contributed by atoms with Crippen LogP contribution in [0.5, 0.6) is 0 Å². The second-order valence-corrected chi connectivity index (χ2v) is 5.00. The van der Waals surface area contributed by atoms with Crippen molar-refractivity contribution in [1.82, 2.24) is 0 Å². The van der Waals surface area contributed by atoms with Gasteiger partial charge in [0.05, 0.1) is 5.60 Å². The molecule has 1 aliphatic rings. The molecule has 0 unspecified atom stereocenters. The van der Waals surface area contributed by atoms with Gasteiger partial charge in [0, 0.05) is 0 Å². The molecule has 1 aromatic carbocycles. The van der Waals surface area contributed by atoms with E-state index < -0.39 is 17.2 Å². The lowest BCUT2D eigenvalue weighted by Crippen LogP contribution is -2.30. The number of halogens is 2. The molecule has 0 amide bonds. The molecule has 1 nitrogen and oxygen atoms in total. The molecule has 1 aliphatic heterocycles. The molecule has 2 rings (SSSR count). The Bertz CT molecular complexity index is 362. The minimum Gasteiger partial charge on any atom is -0.385 e. The summed E-state index contributed by atoms with van der Waals surface area (Å²) in [7, 11) is 0. The quantitative estimate of drug-likeness (QED) is 0.800. The fourth-order valence-corrected chi connectivity index (χ4v) is 2.95. The highest BCUT2D eigenvalue weighted by molar-refractivity contribution is 7.99. The monoisotopic (exact) mass is 230 g/mol. The molecule has 1 aromatic rings. The van der Waals surface area contributed by atoms with Crippen LogP contribution in [0.3, 0.4) is 0 Å². The summed E-state index contributed by atoms with van der Waals surface area (Å²) >= 11 is 1.77. The molecule has 82 valence electrons. The molecule has 1 N–H and O–H groups in total. The van der Waals surface area contributed by atoms with E-state index in [1.54, 1.807) is 11.8 Å². The Morgan fingerprint density at radius 1 is 1.13 bits per heavy atom. The molecule has 15 heavy (non-hydrogen) atoms. The van der Waals surface area contributed by atoms with Crippen LogP contribution in [0.15, 0.2) is 18.2 Å². The van der Waals surface area contributed by atoms with Crippen molar-refractivity contribution in [3.8, 4) is 0 Å². The average molecular weight is 230 g/mol. The van der Waals surface area contributed by atoms with Crippen molar-refractivity contribution < 1.29 is 13.9 Å². The number of rotatable bonds is 1. The first-order valence-corrected chi connectivity index (χ1v) is 6.03. The van der Waals surface area contributed by atoms with Gasteiger partial charge in [-0.15, -0.1) is 0 Å². The minimum atomic E-state index is -0.972. The van der Waals surface area contributed by atoms with Crippen molar-refractivity contribution in [1.29, 1.82) is 0 Å². The van der Waals surface area contributed by atoms with Crippen LogP contribution in [-0.2, 0) is 5.60 Å². The van der Waals surface area contributed by atoms with Gasteiger partial charge < -0.3 is 5.11 Å². The van der Waals surface area contributed by atoms with Crippen LogP contribution in [0.25, 0.3) is 0 Å². The molecule has 0 bridgehead atoms. The van der Waals surface area contributed by atoms with E-state index in [1.807, 2.05) is 0 Å². The summed E-state index contributed by atoms with van der Waals surface area (Å²) in [6.45, 7) is 0. The maximum absolute atomic E-state index is 13.0. The Labute approximate surface area is 91.5 Å². The third-order valence-corrected chi connectivity index (χ3v) is 3.76. The average Bonchev–Trinajstić information content (AvgIpc) is 2.23. The van der Waals surface area contributed by atoms with Gasteiger partial charge in [-0.1, -0.05) is 6.07 Å². The number of thioether (sulfide) groups is 1. The van der Waals surface area contributed by atoms with Crippen molar-refractivity contribution in [3.05, 3.63) is 35.4 Å². The predicted octanol–water partition coefficient (Wildman–Crippen LogP) is 2.68. The van der Waals surface area contributed by atoms with Crippen molar-refractivity contribution in [2.45, 2.75) is 18.4 Å². The molecular formula is C11H12F2OS. The molecule has 1 fully saturated rings. The fourth-order valence-electron chi connectivity index (χ4n) is 1.78. The summed E-state index contributed by atoms with van der Waals surface area (Å²) < 4.78 is 25.7. The standard InChI is InChI=1S/C11H12F2OS/c12-9-2-1-8(7-10(9)13)11(14)3-5-15-6-4-11/h1-2,7,14H,3-6H2. The van der Waals surface area contributed by atoms with Crippen LogP contribution in [0.2, 0.25) is 0 Å². The number of aliphatic hydroxyl groups is 1. The Morgan fingerprint density at radius 3 is 2.40 bits per heavy atom. The van der Waals surface area contributed by atoms with Crippen LogP contribution in [0.4, 0.5) is 8.78 Å². The second kappa shape index (κ2) is 4.10. The van der Waals surface area contributed by atoms with Gasteiger partial charge >= 0.3 is 0 Å². The molecule has 0 atom stereocenters. The lowest BCUT2D eigenvalue weighted by molar-refractivity contribution is 0.0277. The van der Waals surface area contributed by atoms with Gasteiger partial charge in [-0.05, 0) is 42.0 Å². The SMILES string of the molecule is OC1(c2ccc(F)c(F)c2)CCSCC1. The summed E-state index contributed by atoms with van der Waals surface area (Å²) in [6.07, 6.45) is 1.20. The van der Waals surface area contributed by atoms with Crippen LogP contribution in [0, 0.1) is 11.6 Å². The largest absolute Gasteiger partial charge is 0.385 e. The highest BCUT2D eigenvalue weighted by atomic mass is 32.2. The summed E-state index contributed by atoms with van der Waals surface area (Å²) in [5.74, 6) is -0.0444. The van der Waals surface area contributed by atoms with E-state index in [1.165, 1.54) is 6.07 Å². The summed E-state index contributed by atoms with van der Waals surface area (Å²) in [5, 5.41) is 10.3. The molecule has 0 aliphatic carbocycles.